The summed E-state index contributed by atoms with van der Waals surface area (Å²) in [5, 5.41) is 0. The van der Waals surface area contributed by atoms with Crippen molar-refractivity contribution in [2.24, 2.45) is 11.1 Å². The molecule has 2 nitrogen and oxygen atoms in total. The van der Waals surface area contributed by atoms with Crippen LogP contribution in [-0.2, 0) is 4.74 Å². The SMILES string of the molecule is C=CC(C)(CN)CC1CCC(C)O1. The highest BCUT2D eigenvalue weighted by atomic mass is 16.5. The molecule has 0 radical (unpaired) electrons. The molecule has 1 aliphatic heterocycles. The standard InChI is InChI=1S/C11H21NO/c1-4-11(3,8-12)7-10-6-5-9(2)13-10/h4,9-10H,1,5-8,12H2,2-3H3. The van der Waals surface area contributed by atoms with Crippen LogP contribution < -0.4 is 5.73 Å². The molecule has 0 aromatic heterocycles. The lowest BCUT2D eigenvalue weighted by Gasteiger charge is -2.26. The van der Waals surface area contributed by atoms with Gasteiger partial charge in [-0.3, -0.25) is 0 Å². The smallest absolute Gasteiger partial charge is 0.0588 e. The van der Waals surface area contributed by atoms with Gasteiger partial charge in [-0.25, -0.2) is 0 Å². The van der Waals surface area contributed by atoms with Gasteiger partial charge in [-0.15, -0.1) is 6.58 Å². The van der Waals surface area contributed by atoms with E-state index in [9.17, 15) is 0 Å². The van der Waals surface area contributed by atoms with Crippen LogP contribution in [0.4, 0.5) is 0 Å². The van der Waals surface area contributed by atoms with Gasteiger partial charge < -0.3 is 10.5 Å². The maximum atomic E-state index is 5.76. The van der Waals surface area contributed by atoms with Gasteiger partial charge in [0, 0.05) is 6.54 Å². The van der Waals surface area contributed by atoms with E-state index in [4.69, 9.17) is 10.5 Å². The molecule has 0 bridgehead atoms. The minimum atomic E-state index is 0.0503. The van der Waals surface area contributed by atoms with E-state index in [1.54, 1.807) is 0 Å². The average Bonchev–Trinajstić information content (AvgIpc) is 2.51. The zero-order valence-corrected chi connectivity index (χ0v) is 8.75. The Morgan fingerprint density at radius 1 is 1.62 bits per heavy atom. The van der Waals surface area contributed by atoms with Crippen LogP contribution >= 0.6 is 0 Å². The Morgan fingerprint density at radius 3 is 2.69 bits per heavy atom. The largest absolute Gasteiger partial charge is 0.375 e. The zero-order valence-electron chi connectivity index (χ0n) is 8.75. The van der Waals surface area contributed by atoms with Crippen molar-refractivity contribution >= 4 is 0 Å². The first kappa shape index (κ1) is 10.7. The molecule has 2 heteroatoms. The monoisotopic (exact) mass is 183 g/mol. The highest BCUT2D eigenvalue weighted by molar-refractivity contribution is 4.94. The summed E-state index contributed by atoms with van der Waals surface area (Å²) in [4.78, 5) is 0. The van der Waals surface area contributed by atoms with Crippen molar-refractivity contribution in [3.05, 3.63) is 12.7 Å². The van der Waals surface area contributed by atoms with Crippen LogP contribution in [0, 0.1) is 5.41 Å². The fourth-order valence-corrected chi connectivity index (χ4v) is 1.81. The lowest BCUT2D eigenvalue weighted by atomic mass is 9.84. The van der Waals surface area contributed by atoms with Crippen LogP contribution in [-0.4, -0.2) is 18.8 Å². The Labute approximate surface area is 81.1 Å². The van der Waals surface area contributed by atoms with E-state index in [0.717, 1.165) is 6.42 Å². The molecule has 2 N–H and O–H groups in total. The third-order valence-electron chi connectivity index (χ3n) is 2.97. The molecule has 0 aromatic carbocycles. The molecule has 76 valence electrons. The molecule has 0 saturated carbocycles. The molecule has 1 heterocycles. The zero-order chi connectivity index (χ0) is 9.90. The van der Waals surface area contributed by atoms with Crippen LogP contribution in [0.15, 0.2) is 12.7 Å². The summed E-state index contributed by atoms with van der Waals surface area (Å²) in [6, 6.07) is 0. The van der Waals surface area contributed by atoms with Gasteiger partial charge in [-0.1, -0.05) is 13.0 Å². The van der Waals surface area contributed by atoms with E-state index in [1.165, 1.54) is 12.8 Å². The maximum Gasteiger partial charge on any atom is 0.0588 e. The van der Waals surface area contributed by atoms with Crippen LogP contribution in [0.2, 0.25) is 0 Å². The quantitative estimate of drug-likeness (QED) is 0.677. The normalized spacial score (nSPS) is 32.8. The van der Waals surface area contributed by atoms with Crippen molar-refractivity contribution < 1.29 is 4.74 Å². The van der Waals surface area contributed by atoms with E-state index in [1.807, 2.05) is 6.08 Å². The molecular weight excluding hydrogens is 162 g/mol. The predicted octanol–water partition coefficient (Wildman–Crippen LogP) is 2.09. The molecule has 3 unspecified atom stereocenters. The molecule has 1 aliphatic rings. The average molecular weight is 183 g/mol. The number of hydrogen-bond donors (Lipinski definition) is 1. The topological polar surface area (TPSA) is 35.2 Å². The van der Waals surface area contributed by atoms with Gasteiger partial charge in [-0.05, 0) is 31.6 Å². The van der Waals surface area contributed by atoms with E-state index < -0.39 is 0 Å². The maximum absolute atomic E-state index is 5.76. The summed E-state index contributed by atoms with van der Waals surface area (Å²) in [5.41, 5.74) is 5.75. The molecule has 1 saturated heterocycles. The molecule has 3 atom stereocenters. The van der Waals surface area contributed by atoms with Gasteiger partial charge in [0.25, 0.3) is 0 Å². The third kappa shape index (κ3) is 2.82. The van der Waals surface area contributed by atoms with E-state index in [-0.39, 0.29) is 5.41 Å². The van der Waals surface area contributed by atoms with Crippen LogP contribution in [0.5, 0.6) is 0 Å². The first-order valence-electron chi connectivity index (χ1n) is 5.09. The van der Waals surface area contributed by atoms with Crippen LogP contribution in [0.25, 0.3) is 0 Å². The second-order valence-corrected chi connectivity index (χ2v) is 4.41. The predicted molar refractivity (Wildman–Crippen MR) is 55.5 cm³/mol. The van der Waals surface area contributed by atoms with Crippen molar-refractivity contribution in [3.63, 3.8) is 0 Å². The second-order valence-electron chi connectivity index (χ2n) is 4.41. The number of ether oxygens (including phenoxy) is 1. The molecule has 0 aromatic rings. The highest BCUT2D eigenvalue weighted by Crippen LogP contribution is 2.31. The third-order valence-corrected chi connectivity index (χ3v) is 2.97. The Morgan fingerprint density at radius 2 is 2.31 bits per heavy atom. The summed E-state index contributed by atoms with van der Waals surface area (Å²) >= 11 is 0. The van der Waals surface area contributed by atoms with E-state index >= 15 is 0 Å². The van der Waals surface area contributed by atoms with E-state index in [0.29, 0.717) is 18.8 Å². The van der Waals surface area contributed by atoms with Crippen molar-refractivity contribution in [1.29, 1.82) is 0 Å². The van der Waals surface area contributed by atoms with Gasteiger partial charge in [-0.2, -0.15) is 0 Å². The molecule has 1 rings (SSSR count). The molecule has 1 fully saturated rings. The minimum Gasteiger partial charge on any atom is -0.375 e. The van der Waals surface area contributed by atoms with Gasteiger partial charge in [0.2, 0.25) is 0 Å². The first-order valence-corrected chi connectivity index (χ1v) is 5.09. The molecule has 0 amide bonds. The minimum absolute atomic E-state index is 0.0503. The second kappa shape index (κ2) is 4.25. The Balaban J connectivity index is 2.43. The Hall–Kier alpha value is -0.340. The fraction of sp³-hybridized carbons (Fsp3) is 0.818. The van der Waals surface area contributed by atoms with Crippen molar-refractivity contribution in [2.75, 3.05) is 6.54 Å². The molecule has 13 heavy (non-hydrogen) atoms. The summed E-state index contributed by atoms with van der Waals surface area (Å²) in [5.74, 6) is 0. The van der Waals surface area contributed by atoms with Gasteiger partial charge in [0.1, 0.15) is 0 Å². The van der Waals surface area contributed by atoms with Crippen LogP contribution in [0.3, 0.4) is 0 Å². The molecule has 0 spiro atoms. The lowest BCUT2D eigenvalue weighted by molar-refractivity contribution is 0.0345. The Bertz CT molecular complexity index is 181. The fourth-order valence-electron chi connectivity index (χ4n) is 1.81. The summed E-state index contributed by atoms with van der Waals surface area (Å²) in [7, 11) is 0. The molecular formula is C11H21NO. The van der Waals surface area contributed by atoms with E-state index in [2.05, 4.69) is 20.4 Å². The van der Waals surface area contributed by atoms with Crippen molar-refractivity contribution in [2.45, 2.75) is 45.3 Å². The van der Waals surface area contributed by atoms with Gasteiger partial charge in [0.05, 0.1) is 12.2 Å². The summed E-state index contributed by atoms with van der Waals surface area (Å²) < 4.78 is 5.76. The Kier molecular flexibility index (Phi) is 3.51. The summed E-state index contributed by atoms with van der Waals surface area (Å²) in [6.07, 6.45) is 6.14. The van der Waals surface area contributed by atoms with Gasteiger partial charge >= 0.3 is 0 Å². The van der Waals surface area contributed by atoms with Gasteiger partial charge in [0.15, 0.2) is 0 Å². The first-order chi connectivity index (χ1) is 6.09. The molecule has 0 aliphatic carbocycles. The number of nitrogens with two attached hydrogens (primary N) is 1. The summed E-state index contributed by atoms with van der Waals surface area (Å²) in [6.45, 7) is 8.76. The highest BCUT2D eigenvalue weighted by Gasteiger charge is 2.29. The lowest BCUT2D eigenvalue weighted by Crippen LogP contribution is -2.29. The van der Waals surface area contributed by atoms with Crippen molar-refractivity contribution in [1.82, 2.24) is 0 Å². The van der Waals surface area contributed by atoms with Crippen LogP contribution in [0.1, 0.15) is 33.1 Å². The number of rotatable bonds is 4. The van der Waals surface area contributed by atoms with Crippen molar-refractivity contribution in [3.8, 4) is 0 Å². The number of hydrogen-bond acceptors (Lipinski definition) is 2.